The maximum Gasteiger partial charge on any atom is 0.267 e. The highest BCUT2D eigenvalue weighted by Crippen LogP contribution is 2.23. The van der Waals surface area contributed by atoms with Gasteiger partial charge in [-0.05, 0) is 24.6 Å². The smallest absolute Gasteiger partial charge is 0.267 e. The second-order valence-corrected chi connectivity index (χ2v) is 5.21. The lowest BCUT2D eigenvalue weighted by Crippen LogP contribution is -2.41. The Kier molecular flexibility index (Phi) is 5.20. The van der Waals surface area contributed by atoms with Crippen molar-refractivity contribution in [3.05, 3.63) is 40.6 Å². The Morgan fingerprint density at radius 3 is 2.86 bits per heavy atom. The van der Waals surface area contributed by atoms with E-state index < -0.39 is 5.91 Å². The number of hydrogen-bond acceptors (Lipinski definition) is 4. The van der Waals surface area contributed by atoms with Crippen LogP contribution < -0.4 is 10.6 Å². The molecule has 0 bridgehead atoms. The summed E-state index contributed by atoms with van der Waals surface area (Å²) < 4.78 is 0. The van der Waals surface area contributed by atoms with E-state index in [0.29, 0.717) is 10.7 Å². The second kappa shape index (κ2) is 7.11. The molecule has 1 saturated heterocycles. The number of anilines is 1. The molecule has 5 nitrogen and oxygen atoms in total. The van der Waals surface area contributed by atoms with Crippen LogP contribution in [0.1, 0.15) is 5.56 Å². The summed E-state index contributed by atoms with van der Waals surface area (Å²) in [6.45, 7) is 5.10. The fourth-order valence-corrected chi connectivity index (χ4v) is 2.24. The van der Waals surface area contributed by atoms with E-state index >= 15 is 0 Å². The zero-order valence-corrected chi connectivity index (χ0v) is 12.6. The van der Waals surface area contributed by atoms with E-state index in [-0.39, 0.29) is 5.57 Å². The fourth-order valence-electron chi connectivity index (χ4n) is 2.06. The van der Waals surface area contributed by atoms with Crippen molar-refractivity contribution in [1.82, 2.24) is 10.2 Å². The number of rotatable bonds is 3. The van der Waals surface area contributed by atoms with Crippen molar-refractivity contribution in [2.24, 2.45) is 0 Å². The Bertz CT molecular complexity index is 600. The molecule has 1 aliphatic rings. The zero-order chi connectivity index (χ0) is 15.2. The molecule has 1 aliphatic heterocycles. The molecule has 0 aromatic heterocycles. The summed E-state index contributed by atoms with van der Waals surface area (Å²) in [5.41, 5.74) is 1.50. The number of benzene rings is 1. The van der Waals surface area contributed by atoms with Gasteiger partial charge in [0.15, 0.2) is 0 Å². The normalized spacial score (nSPS) is 15.5. The fraction of sp³-hybridized carbons (Fsp3) is 0.333. The molecule has 1 fully saturated rings. The van der Waals surface area contributed by atoms with E-state index in [4.69, 9.17) is 11.6 Å². The third kappa shape index (κ3) is 3.97. The van der Waals surface area contributed by atoms with E-state index in [1.165, 1.54) is 0 Å². The van der Waals surface area contributed by atoms with Gasteiger partial charge in [-0.1, -0.05) is 17.7 Å². The van der Waals surface area contributed by atoms with Crippen LogP contribution >= 0.6 is 11.6 Å². The number of nitrogens with one attached hydrogen (secondary N) is 2. The van der Waals surface area contributed by atoms with Gasteiger partial charge in [-0.2, -0.15) is 5.26 Å². The van der Waals surface area contributed by atoms with Crippen molar-refractivity contribution < 1.29 is 4.79 Å². The van der Waals surface area contributed by atoms with Gasteiger partial charge in [0.1, 0.15) is 11.6 Å². The van der Waals surface area contributed by atoms with Crippen LogP contribution in [0.25, 0.3) is 0 Å². The van der Waals surface area contributed by atoms with Gasteiger partial charge in [0.25, 0.3) is 5.91 Å². The largest absolute Gasteiger partial charge is 0.374 e. The molecule has 1 heterocycles. The van der Waals surface area contributed by atoms with E-state index in [1.54, 1.807) is 24.4 Å². The highest BCUT2D eigenvalue weighted by Gasteiger charge is 2.14. The molecular formula is C15H17ClN4O. The number of halogens is 1. The maximum absolute atomic E-state index is 12.2. The first-order valence-electron chi connectivity index (χ1n) is 6.75. The molecular weight excluding hydrogens is 288 g/mol. The van der Waals surface area contributed by atoms with Crippen molar-refractivity contribution in [2.75, 3.05) is 31.5 Å². The average Bonchev–Trinajstić information content (AvgIpc) is 2.50. The van der Waals surface area contributed by atoms with Crippen molar-refractivity contribution >= 4 is 23.2 Å². The lowest BCUT2D eigenvalue weighted by molar-refractivity contribution is -0.112. The molecule has 0 radical (unpaired) electrons. The molecule has 0 atom stereocenters. The predicted octanol–water partition coefficient (Wildman–Crippen LogP) is 1.90. The molecule has 110 valence electrons. The maximum atomic E-state index is 12.2. The van der Waals surface area contributed by atoms with Crippen LogP contribution in [-0.2, 0) is 4.79 Å². The Labute approximate surface area is 129 Å². The van der Waals surface area contributed by atoms with Crippen LogP contribution in [0.15, 0.2) is 30.0 Å². The summed E-state index contributed by atoms with van der Waals surface area (Å²) in [5.74, 6) is -0.415. The molecule has 2 N–H and O–H groups in total. The van der Waals surface area contributed by atoms with E-state index in [9.17, 15) is 10.1 Å². The molecule has 0 unspecified atom stereocenters. The lowest BCUT2D eigenvalue weighted by atomic mass is 10.2. The lowest BCUT2D eigenvalue weighted by Gasteiger charge is -2.26. The average molecular weight is 305 g/mol. The summed E-state index contributed by atoms with van der Waals surface area (Å²) >= 11 is 6.02. The monoisotopic (exact) mass is 304 g/mol. The van der Waals surface area contributed by atoms with Gasteiger partial charge in [-0.25, -0.2) is 0 Å². The molecule has 2 rings (SSSR count). The summed E-state index contributed by atoms with van der Waals surface area (Å²) in [4.78, 5) is 14.2. The number of nitriles is 1. The topological polar surface area (TPSA) is 68.2 Å². The van der Waals surface area contributed by atoms with E-state index in [1.807, 2.05) is 17.9 Å². The molecule has 1 aromatic rings. The molecule has 1 amide bonds. The van der Waals surface area contributed by atoms with Gasteiger partial charge >= 0.3 is 0 Å². The Morgan fingerprint density at radius 2 is 2.19 bits per heavy atom. The van der Waals surface area contributed by atoms with Gasteiger partial charge in [0.2, 0.25) is 0 Å². The number of amides is 1. The molecule has 6 heteroatoms. The summed E-state index contributed by atoms with van der Waals surface area (Å²) in [7, 11) is 0. The van der Waals surface area contributed by atoms with Crippen LogP contribution in [0.3, 0.4) is 0 Å². The molecule has 0 saturated carbocycles. The van der Waals surface area contributed by atoms with Gasteiger partial charge in [-0.3, -0.25) is 4.79 Å². The zero-order valence-electron chi connectivity index (χ0n) is 11.8. The first-order valence-corrected chi connectivity index (χ1v) is 7.13. The highest BCUT2D eigenvalue weighted by atomic mass is 35.5. The van der Waals surface area contributed by atoms with Crippen LogP contribution in [0, 0.1) is 18.3 Å². The number of piperazine rings is 1. The van der Waals surface area contributed by atoms with Crippen molar-refractivity contribution in [1.29, 1.82) is 5.26 Å². The number of carbonyl (C=O) groups is 1. The minimum absolute atomic E-state index is 0.0938. The Balaban J connectivity index is 2.11. The predicted molar refractivity (Wildman–Crippen MR) is 83.0 cm³/mol. The van der Waals surface area contributed by atoms with E-state index in [0.717, 1.165) is 31.7 Å². The molecule has 1 aromatic carbocycles. The summed E-state index contributed by atoms with van der Waals surface area (Å²) in [6.07, 6.45) is 1.62. The van der Waals surface area contributed by atoms with Crippen LogP contribution in [-0.4, -0.2) is 37.0 Å². The van der Waals surface area contributed by atoms with Crippen LogP contribution in [0.2, 0.25) is 5.02 Å². The molecule has 21 heavy (non-hydrogen) atoms. The minimum atomic E-state index is -0.415. The molecule has 0 aliphatic carbocycles. The first-order chi connectivity index (χ1) is 10.1. The third-order valence-electron chi connectivity index (χ3n) is 3.34. The van der Waals surface area contributed by atoms with Gasteiger partial charge in [0, 0.05) is 43.1 Å². The highest BCUT2D eigenvalue weighted by molar-refractivity contribution is 6.31. The minimum Gasteiger partial charge on any atom is -0.374 e. The van der Waals surface area contributed by atoms with Crippen molar-refractivity contribution in [2.45, 2.75) is 6.92 Å². The van der Waals surface area contributed by atoms with Crippen molar-refractivity contribution in [3.8, 4) is 6.07 Å². The van der Waals surface area contributed by atoms with Gasteiger partial charge in [0.05, 0.1) is 0 Å². The summed E-state index contributed by atoms with van der Waals surface area (Å²) in [5, 5.41) is 15.7. The van der Waals surface area contributed by atoms with Crippen molar-refractivity contribution in [3.63, 3.8) is 0 Å². The quantitative estimate of drug-likeness (QED) is 0.661. The Hall–Kier alpha value is -2.03. The third-order valence-corrected chi connectivity index (χ3v) is 3.75. The van der Waals surface area contributed by atoms with E-state index in [2.05, 4.69) is 10.6 Å². The second-order valence-electron chi connectivity index (χ2n) is 4.81. The number of nitrogens with zero attached hydrogens (tertiary/aromatic N) is 2. The van der Waals surface area contributed by atoms with Gasteiger partial charge in [-0.15, -0.1) is 0 Å². The summed E-state index contributed by atoms with van der Waals surface area (Å²) in [6, 6.07) is 7.24. The first kappa shape index (κ1) is 15.4. The number of carbonyl (C=O) groups excluding carboxylic acids is 1. The number of hydrogen-bond donors (Lipinski definition) is 2. The van der Waals surface area contributed by atoms with Crippen LogP contribution in [0.4, 0.5) is 5.69 Å². The van der Waals surface area contributed by atoms with Crippen LogP contribution in [0.5, 0.6) is 0 Å². The standard InChI is InChI=1S/C15H17ClN4O/c1-11-13(16)3-2-4-14(11)19-15(21)12(9-17)10-20-7-5-18-6-8-20/h2-4,10,18H,5-8H2,1H3,(H,19,21)/b12-10-. The van der Waals surface area contributed by atoms with Gasteiger partial charge < -0.3 is 15.5 Å². The Morgan fingerprint density at radius 1 is 1.48 bits per heavy atom. The SMILES string of the molecule is Cc1c(Cl)cccc1NC(=O)/C(C#N)=C\N1CCNCC1. The molecule has 0 spiro atoms.